The monoisotopic (exact) mass is 268 g/mol. The number of nitro benzene ring substituents is 1. The van der Waals surface area contributed by atoms with Crippen LogP contribution in [0.1, 0.15) is 33.1 Å². The topological polar surface area (TPSA) is 55.2 Å². The molecule has 1 aliphatic rings. The van der Waals surface area contributed by atoms with Gasteiger partial charge in [-0.1, -0.05) is 31.9 Å². The van der Waals surface area contributed by atoms with Gasteiger partial charge in [-0.2, -0.15) is 0 Å². The molecule has 0 amide bonds. The molecule has 4 nitrogen and oxygen atoms in total. The lowest BCUT2D eigenvalue weighted by molar-refractivity contribution is -0.384. The quantitative estimate of drug-likeness (QED) is 0.659. The van der Waals surface area contributed by atoms with Crippen LogP contribution in [0.5, 0.6) is 0 Å². The van der Waals surface area contributed by atoms with Gasteiger partial charge in [0.1, 0.15) is 5.69 Å². The summed E-state index contributed by atoms with van der Waals surface area (Å²) in [5.41, 5.74) is 0.769. The molecule has 1 fully saturated rings. The van der Waals surface area contributed by atoms with Crippen LogP contribution in [0.15, 0.2) is 18.2 Å². The number of benzene rings is 1. The Morgan fingerprint density at radius 1 is 1.50 bits per heavy atom. The van der Waals surface area contributed by atoms with Crippen LogP contribution in [-0.2, 0) is 0 Å². The van der Waals surface area contributed by atoms with Crippen LogP contribution in [0.2, 0.25) is 5.02 Å². The Bertz CT molecular complexity index is 474. The van der Waals surface area contributed by atoms with Crippen molar-refractivity contribution in [1.29, 1.82) is 0 Å². The van der Waals surface area contributed by atoms with Crippen molar-refractivity contribution in [1.82, 2.24) is 0 Å². The highest BCUT2D eigenvalue weighted by atomic mass is 35.5. The van der Waals surface area contributed by atoms with Crippen molar-refractivity contribution in [2.45, 2.75) is 39.2 Å². The van der Waals surface area contributed by atoms with Crippen LogP contribution in [0, 0.1) is 15.5 Å². The lowest BCUT2D eigenvalue weighted by atomic mass is 9.87. The molecular formula is C13H17ClN2O2. The fourth-order valence-corrected chi connectivity index (χ4v) is 2.74. The fourth-order valence-electron chi connectivity index (χ4n) is 2.57. The second-order valence-corrected chi connectivity index (χ2v) is 5.93. The van der Waals surface area contributed by atoms with E-state index in [-0.39, 0.29) is 22.1 Å². The second-order valence-electron chi connectivity index (χ2n) is 5.50. The first-order valence-corrected chi connectivity index (χ1v) is 6.48. The molecule has 1 aromatic rings. The van der Waals surface area contributed by atoms with E-state index in [0.29, 0.717) is 10.7 Å². The van der Waals surface area contributed by atoms with E-state index in [1.807, 2.05) is 0 Å². The molecule has 98 valence electrons. The minimum atomic E-state index is -0.374. The zero-order chi connectivity index (χ0) is 13.3. The van der Waals surface area contributed by atoms with E-state index in [9.17, 15) is 10.1 Å². The lowest BCUT2D eigenvalue weighted by Gasteiger charge is -2.28. The molecule has 1 N–H and O–H groups in total. The third-order valence-electron chi connectivity index (χ3n) is 3.74. The maximum atomic E-state index is 11.0. The summed E-state index contributed by atoms with van der Waals surface area (Å²) in [6.07, 6.45) is 3.33. The van der Waals surface area contributed by atoms with Crippen LogP contribution in [0.3, 0.4) is 0 Å². The average Bonchev–Trinajstić information content (AvgIpc) is 2.58. The maximum Gasteiger partial charge on any atom is 0.292 e. The van der Waals surface area contributed by atoms with E-state index in [1.165, 1.54) is 6.07 Å². The van der Waals surface area contributed by atoms with Gasteiger partial charge in [0.25, 0.3) is 5.69 Å². The zero-order valence-electron chi connectivity index (χ0n) is 10.6. The van der Waals surface area contributed by atoms with E-state index in [1.54, 1.807) is 12.1 Å². The fraction of sp³-hybridized carbons (Fsp3) is 0.538. The third-order valence-corrected chi connectivity index (χ3v) is 3.98. The highest BCUT2D eigenvalue weighted by Crippen LogP contribution is 2.40. The number of nitrogens with zero attached hydrogens (tertiary/aromatic N) is 1. The van der Waals surface area contributed by atoms with Gasteiger partial charge in [-0.3, -0.25) is 10.1 Å². The van der Waals surface area contributed by atoms with Crippen LogP contribution >= 0.6 is 11.6 Å². The molecule has 1 saturated carbocycles. The number of hydrogen-bond donors (Lipinski definition) is 1. The largest absolute Gasteiger partial charge is 0.376 e. The highest BCUT2D eigenvalue weighted by Gasteiger charge is 2.35. The van der Waals surface area contributed by atoms with Crippen molar-refractivity contribution in [2.24, 2.45) is 5.41 Å². The van der Waals surface area contributed by atoms with E-state index in [2.05, 4.69) is 19.2 Å². The van der Waals surface area contributed by atoms with Crippen molar-refractivity contribution in [2.75, 3.05) is 5.32 Å². The van der Waals surface area contributed by atoms with Gasteiger partial charge in [0.05, 0.1) is 4.92 Å². The Kier molecular flexibility index (Phi) is 3.48. The summed E-state index contributed by atoms with van der Waals surface area (Å²) >= 11 is 5.92. The van der Waals surface area contributed by atoms with Gasteiger partial charge in [0.2, 0.25) is 0 Å². The summed E-state index contributed by atoms with van der Waals surface area (Å²) < 4.78 is 0. The van der Waals surface area contributed by atoms with Gasteiger partial charge < -0.3 is 5.32 Å². The van der Waals surface area contributed by atoms with Gasteiger partial charge in [-0.25, -0.2) is 0 Å². The average molecular weight is 269 g/mol. The van der Waals surface area contributed by atoms with E-state index >= 15 is 0 Å². The predicted octanol–water partition coefficient (Wildman–Crippen LogP) is 4.24. The Balaban J connectivity index is 2.28. The van der Waals surface area contributed by atoms with E-state index in [4.69, 9.17) is 11.6 Å². The van der Waals surface area contributed by atoms with Gasteiger partial charge in [-0.15, -0.1) is 0 Å². The first-order valence-electron chi connectivity index (χ1n) is 6.10. The second kappa shape index (κ2) is 4.76. The molecule has 1 unspecified atom stereocenters. The Labute approximate surface area is 111 Å². The van der Waals surface area contributed by atoms with E-state index < -0.39 is 0 Å². The number of halogens is 1. The molecule has 0 heterocycles. The number of nitro groups is 1. The van der Waals surface area contributed by atoms with Crippen LogP contribution in [-0.4, -0.2) is 11.0 Å². The Hall–Kier alpha value is -1.29. The Morgan fingerprint density at radius 2 is 2.22 bits per heavy atom. The molecule has 0 saturated heterocycles. The van der Waals surface area contributed by atoms with Gasteiger partial charge in [-0.05, 0) is 30.4 Å². The van der Waals surface area contributed by atoms with Crippen molar-refractivity contribution in [3.63, 3.8) is 0 Å². The molecule has 0 aromatic heterocycles. The first-order chi connectivity index (χ1) is 8.40. The third kappa shape index (κ3) is 2.58. The summed E-state index contributed by atoms with van der Waals surface area (Å²) in [4.78, 5) is 10.6. The van der Waals surface area contributed by atoms with Gasteiger partial charge in [0, 0.05) is 17.1 Å². The number of hydrogen-bond acceptors (Lipinski definition) is 3. The molecule has 5 heteroatoms. The van der Waals surface area contributed by atoms with Crippen molar-refractivity contribution < 1.29 is 4.92 Å². The minimum absolute atomic E-state index is 0.0853. The van der Waals surface area contributed by atoms with Crippen LogP contribution in [0.4, 0.5) is 11.4 Å². The molecular weight excluding hydrogens is 252 g/mol. The van der Waals surface area contributed by atoms with Gasteiger partial charge in [0.15, 0.2) is 0 Å². The summed E-state index contributed by atoms with van der Waals surface area (Å²) in [5.74, 6) is 0. The molecule has 0 bridgehead atoms. The molecule has 18 heavy (non-hydrogen) atoms. The van der Waals surface area contributed by atoms with Crippen molar-refractivity contribution >= 4 is 23.0 Å². The van der Waals surface area contributed by atoms with Crippen LogP contribution in [0.25, 0.3) is 0 Å². The van der Waals surface area contributed by atoms with Crippen molar-refractivity contribution in [3.8, 4) is 0 Å². The molecule has 2 rings (SSSR count). The molecule has 0 spiro atoms. The number of anilines is 1. The van der Waals surface area contributed by atoms with Crippen LogP contribution < -0.4 is 5.32 Å². The highest BCUT2D eigenvalue weighted by molar-refractivity contribution is 6.31. The van der Waals surface area contributed by atoms with Crippen molar-refractivity contribution in [3.05, 3.63) is 33.3 Å². The minimum Gasteiger partial charge on any atom is -0.376 e. The number of rotatable bonds is 3. The van der Waals surface area contributed by atoms with Gasteiger partial charge >= 0.3 is 0 Å². The zero-order valence-corrected chi connectivity index (χ0v) is 11.3. The lowest BCUT2D eigenvalue weighted by Crippen LogP contribution is -2.31. The summed E-state index contributed by atoms with van der Waals surface area (Å²) in [6.45, 7) is 4.38. The summed E-state index contributed by atoms with van der Waals surface area (Å²) in [6, 6.07) is 4.89. The normalized spacial score (nSPS) is 21.8. The molecule has 0 aliphatic heterocycles. The smallest absolute Gasteiger partial charge is 0.292 e. The number of nitrogens with one attached hydrogen (secondary N) is 1. The maximum absolute atomic E-state index is 11.0. The molecule has 0 radical (unpaired) electrons. The Morgan fingerprint density at radius 3 is 2.78 bits per heavy atom. The molecule has 1 aliphatic carbocycles. The molecule has 1 aromatic carbocycles. The summed E-state index contributed by atoms with van der Waals surface area (Å²) in [5, 5.41) is 14.8. The predicted molar refractivity (Wildman–Crippen MR) is 73.1 cm³/mol. The summed E-state index contributed by atoms with van der Waals surface area (Å²) in [7, 11) is 0. The van der Waals surface area contributed by atoms with E-state index in [0.717, 1.165) is 19.3 Å². The standard InChI is InChI=1S/C13H17ClN2O2/c1-13(2)7-3-4-12(13)15-10-8-9(14)5-6-11(10)16(17)18/h5-6,8,12,15H,3-4,7H2,1-2H3. The first kappa shape index (κ1) is 13.1. The molecule has 1 atom stereocenters. The SMILES string of the molecule is CC1(C)CCCC1Nc1cc(Cl)ccc1[N+](=O)[O-].